The van der Waals surface area contributed by atoms with Crippen LogP contribution in [-0.4, -0.2) is 36.1 Å². The van der Waals surface area contributed by atoms with Gasteiger partial charge in [-0.1, -0.05) is 56.3 Å². The quantitative estimate of drug-likeness (QED) is 0.303. The summed E-state index contributed by atoms with van der Waals surface area (Å²) in [5, 5.41) is 0. The third kappa shape index (κ3) is 5.27. The zero-order valence-corrected chi connectivity index (χ0v) is 22.2. The van der Waals surface area contributed by atoms with Gasteiger partial charge < -0.3 is 14.4 Å². The molecule has 0 saturated carbocycles. The van der Waals surface area contributed by atoms with Gasteiger partial charge in [-0.05, 0) is 60.2 Å². The Balaban J connectivity index is 1.21. The number of benzene rings is 3. The first-order chi connectivity index (χ1) is 17.5. The molecule has 3 aromatic rings. The second kappa shape index (κ2) is 11.0. The Bertz CT molecular complexity index is 1180. The lowest BCUT2D eigenvalue weighted by Gasteiger charge is -2.39. The van der Waals surface area contributed by atoms with Crippen LogP contribution in [0.5, 0.6) is 11.5 Å². The number of hydrogen-bond donors (Lipinski definition) is 0. The number of fused-ring (bicyclic) bond motifs is 2. The topological polar surface area (TPSA) is 38.8 Å². The number of ether oxygens (including phenoxy) is 2. The molecule has 2 atom stereocenters. The van der Waals surface area contributed by atoms with Crippen molar-refractivity contribution in [1.82, 2.24) is 4.90 Å². The summed E-state index contributed by atoms with van der Waals surface area (Å²) in [6.07, 6.45) is 4.11. The first-order valence-electron chi connectivity index (χ1n) is 13.0. The van der Waals surface area contributed by atoms with Crippen LogP contribution in [0, 0.1) is 0 Å². The Morgan fingerprint density at radius 1 is 0.917 bits per heavy atom. The van der Waals surface area contributed by atoms with E-state index in [-0.39, 0.29) is 24.1 Å². The standard InChI is InChI=1S/C31H35NO3S/c1-21(2)27-8-4-5-9-28(27)35-26-18-24-16-17-25(19-26)32(24)31(33)23-14-12-22(13-15-23)20-36-30-11-7-6-10-29(30)34-3/h4-15,21,24-26H,16-20H2,1-3H3/t24-,25-/m0/s1. The van der Waals surface area contributed by atoms with Crippen LogP contribution in [0.1, 0.15) is 66.9 Å². The fourth-order valence-electron chi connectivity index (χ4n) is 5.59. The van der Waals surface area contributed by atoms with Crippen molar-refractivity contribution in [3.8, 4) is 11.5 Å². The van der Waals surface area contributed by atoms with Crippen molar-refractivity contribution in [3.63, 3.8) is 0 Å². The van der Waals surface area contributed by atoms with E-state index in [1.165, 1.54) is 11.1 Å². The number of para-hydroxylation sites is 2. The van der Waals surface area contributed by atoms with E-state index >= 15 is 0 Å². The van der Waals surface area contributed by atoms with Crippen LogP contribution >= 0.6 is 11.8 Å². The van der Waals surface area contributed by atoms with Crippen LogP contribution in [0.25, 0.3) is 0 Å². The van der Waals surface area contributed by atoms with Crippen molar-refractivity contribution >= 4 is 17.7 Å². The Labute approximate surface area is 219 Å². The molecule has 4 nitrogen and oxygen atoms in total. The minimum Gasteiger partial charge on any atom is -0.496 e. The van der Waals surface area contributed by atoms with E-state index in [4.69, 9.17) is 9.47 Å². The summed E-state index contributed by atoms with van der Waals surface area (Å²) in [6, 6.07) is 25.1. The van der Waals surface area contributed by atoms with E-state index in [0.29, 0.717) is 5.92 Å². The zero-order chi connectivity index (χ0) is 25.1. The molecular formula is C31H35NO3S. The lowest BCUT2D eigenvalue weighted by Crippen LogP contribution is -2.49. The smallest absolute Gasteiger partial charge is 0.254 e. The number of amides is 1. The van der Waals surface area contributed by atoms with Crippen LogP contribution in [-0.2, 0) is 5.75 Å². The number of hydrogen-bond acceptors (Lipinski definition) is 4. The van der Waals surface area contributed by atoms with Crippen molar-refractivity contribution in [3.05, 3.63) is 89.5 Å². The Morgan fingerprint density at radius 3 is 2.22 bits per heavy atom. The largest absolute Gasteiger partial charge is 0.496 e. The van der Waals surface area contributed by atoms with Gasteiger partial charge in [-0.3, -0.25) is 4.79 Å². The third-order valence-electron chi connectivity index (χ3n) is 7.42. The molecule has 0 spiro atoms. The molecule has 0 unspecified atom stereocenters. The molecule has 36 heavy (non-hydrogen) atoms. The Morgan fingerprint density at radius 2 is 1.56 bits per heavy atom. The van der Waals surface area contributed by atoms with Gasteiger partial charge in [0.2, 0.25) is 0 Å². The van der Waals surface area contributed by atoms with Gasteiger partial charge in [-0.25, -0.2) is 0 Å². The molecule has 2 saturated heterocycles. The van der Waals surface area contributed by atoms with E-state index in [1.807, 2.05) is 36.4 Å². The maximum absolute atomic E-state index is 13.5. The van der Waals surface area contributed by atoms with E-state index in [0.717, 1.165) is 53.4 Å². The Hall–Kier alpha value is -2.92. The van der Waals surface area contributed by atoms with Crippen molar-refractivity contribution in [2.24, 2.45) is 0 Å². The molecular weight excluding hydrogens is 466 g/mol. The molecule has 2 fully saturated rings. The van der Waals surface area contributed by atoms with Crippen LogP contribution in [0.15, 0.2) is 77.7 Å². The molecule has 2 bridgehead atoms. The number of carbonyl (C=O) groups is 1. The average molecular weight is 502 g/mol. The van der Waals surface area contributed by atoms with Gasteiger partial charge in [0.1, 0.15) is 17.6 Å². The molecule has 2 aliphatic heterocycles. The van der Waals surface area contributed by atoms with E-state index < -0.39 is 0 Å². The van der Waals surface area contributed by atoms with E-state index in [9.17, 15) is 4.79 Å². The highest BCUT2D eigenvalue weighted by atomic mass is 32.2. The molecule has 3 aromatic carbocycles. The maximum Gasteiger partial charge on any atom is 0.254 e. The van der Waals surface area contributed by atoms with Gasteiger partial charge in [-0.2, -0.15) is 0 Å². The molecule has 2 heterocycles. The maximum atomic E-state index is 13.5. The highest BCUT2D eigenvalue weighted by molar-refractivity contribution is 7.98. The van der Waals surface area contributed by atoms with Gasteiger partial charge in [0, 0.05) is 41.1 Å². The second-order valence-corrected chi connectivity index (χ2v) is 11.2. The lowest BCUT2D eigenvalue weighted by atomic mass is 9.97. The van der Waals surface area contributed by atoms with Crippen molar-refractivity contribution < 1.29 is 14.3 Å². The highest BCUT2D eigenvalue weighted by Gasteiger charge is 2.44. The number of carbonyl (C=O) groups excluding carboxylic acids is 1. The van der Waals surface area contributed by atoms with Crippen LogP contribution < -0.4 is 9.47 Å². The van der Waals surface area contributed by atoms with Gasteiger partial charge in [0.15, 0.2) is 0 Å². The van der Waals surface area contributed by atoms with Gasteiger partial charge >= 0.3 is 0 Å². The monoisotopic (exact) mass is 501 g/mol. The molecule has 0 N–H and O–H groups in total. The number of rotatable bonds is 8. The summed E-state index contributed by atoms with van der Waals surface area (Å²) in [5.74, 6) is 3.31. The lowest BCUT2D eigenvalue weighted by molar-refractivity contribution is 0.0356. The molecule has 5 rings (SSSR count). The Kier molecular flexibility index (Phi) is 7.56. The minimum atomic E-state index is 0.160. The average Bonchev–Trinajstić information content (AvgIpc) is 3.17. The fourth-order valence-corrected chi connectivity index (χ4v) is 6.57. The van der Waals surface area contributed by atoms with Crippen molar-refractivity contribution in [2.75, 3.05) is 7.11 Å². The predicted molar refractivity (Wildman–Crippen MR) is 146 cm³/mol. The minimum absolute atomic E-state index is 0.160. The van der Waals surface area contributed by atoms with Crippen LogP contribution in [0.3, 0.4) is 0 Å². The first-order valence-corrected chi connectivity index (χ1v) is 13.9. The number of piperidine rings is 1. The number of methoxy groups -OCH3 is 1. The molecule has 5 heteroatoms. The van der Waals surface area contributed by atoms with Crippen LogP contribution in [0.2, 0.25) is 0 Å². The predicted octanol–water partition coefficient (Wildman–Crippen LogP) is 7.33. The summed E-state index contributed by atoms with van der Waals surface area (Å²) < 4.78 is 12.0. The third-order valence-corrected chi connectivity index (χ3v) is 8.55. The first kappa shape index (κ1) is 24.8. The van der Waals surface area contributed by atoms with Gasteiger partial charge in [-0.15, -0.1) is 11.8 Å². The normalized spacial score (nSPS) is 21.0. The van der Waals surface area contributed by atoms with E-state index in [2.05, 4.69) is 55.1 Å². The summed E-state index contributed by atoms with van der Waals surface area (Å²) in [4.78, 5) is 16.8. The number of thioether (sulfide) groups is 1. The SMILES string of the molecule is COc1ccccc1SCc1ccc(C(=O)N2[C@H]3CC[C@H]2CC(Oc2ccccc2C(C)C)C3)cc1. The zero-order valence-electron chi connectivity index (χ0n) is 21.4. The summed E-state index contributed by atoms with van der Waals surface area (Å²) in [5.41, 5.74) is 3.23. The molecule has 0 aromatic heterocycles. The summed E-state index contributed by atoms with van der Waals surface area (Å²) in [7, 11) is 1.70. The molecule has 0 aliphatic carbocycles. The molecule has 1 amide bonds. The number of nitrogens with zero attached hydrogens (tertiary/aromatic N) is 1. The summed E-state index contributed by atoms with van der Waals surface area (Å²) in [6.45, 7) is 4.41. The van der Waals surface area contributed by atoms with Gasteiger partial charge in [0.25, 0.3) is 5.91 Å². The van der Waals surface area contributed by atoms with Gasteiger partial charge in [0.05, 0.1) is 7.11 Å². The fraction of sp³-hybridized carbons (Fsp3) is 0.387. The van der Waals surface area contributed by atoms with Crippen LogP contribution in [0.4, 0.5) is 0 Å². The van der Waals surface area contributed by atoms with Crippen molar-refractivity contribution in [2.45, 2.75) is 74.3 Å². The molecule has 188 valence electrons. The van der Waals surface area contributed by atoms with Crippen molar-refractivity contribution in [1.29, 1.82) is 0 Å². The summed E-state index contributed by atoms with van der Waals surface area (Å²) >= 11 is 1.75. The molecule has 0 radical (unpaired) electrons. The molecule has 2 aliphatic rings. The second-order valence-electron chi connectivity index (χ2n) is 10.1. The van der Waals surface area contributed by atoms with E-state index in [1.54, 1.807) is 18.9 Å². The highest BCUT2D eigenvalue weighted by Crippen LogP contribution is 2.39.